The SMILES string of the molecule is C[C@@H](N=C1Nc2ncccc2S(=O)(=O)N1)C1CCCCC1. The first kappa shape index (κ1) is 14.3. The smallest absolute Gasteiger partial charge is 0.267 e. The molecule has 3 rings (SSSR count). The Kier molecular flexibility index (Phi) is 3.84. The van der Waals surface area contributed by atoms with E-state index in [4.69, 9.17) is 0 Å². The van der Waals surface area contributed by atoms with E-state index in [1.54, 1.807) is 12.3 Å². The van der Waals surface area contributed by atoms with Crippen LogP contribution in [0.15, 0.2) is 28.2 Å². The molecule has 0 saturated heterocycles. The van der Waals surface area contributed by atoms with Crippen LogP contribution >= 0.6 is 0 Å². The molecule has 0 radical (unpaired) electrons. The molecular formula is C14H20N4O2S. The van der Waals surface area contributed by atoms with Crippen molar-refractivity contribution in [3.63, 3.8) is 0 Å². The summed E-state index contributed by atoms with van der Waals surface area (Å²) in [6.45, 7) is 2.05. The second kappa shape index (κ2) is 5.63. The average molecular weight is 308 g/mol. The number of rotatable bonds is 2. The molecule has 0 bridgehead atoms. The second-order valence-electron chi connectivity index (χ2n) is 5.70. The van der Waals surface area contributed by atoms with Gasteiger partial charge in [-0.3, -0.25) is 0 Å². The van der Waals surface area contributed by atoms with E-state index >= 15 is 0 Å². The molecule has 2 heterocycles. The third-order valence-corrected chi connectivity index (χ3v) is 5.56. The molecule has 1 aromatic rings. The second-order valence-corrected chi connectivity index (χ2v) is 7.35. The first-order chi connectivity index (χ1) is 10.1. The molecule has 0 spiro atoms. The number of hydrogen-bond acceptors (Lipinski definition) is 4. The van der Waals surface area contributed by atoms with Gasteiger partial charge < -0.3 is 5.32 Å². The van der Waals surface area contributed by atoms with Gasteiger partial charge in [-0.1, -0.05) is 19.3 Å². The zero-order valence-electron chi connectivity index (χ0n) is 12.0. The Bertz CT molecular complexity index is 651. The third-order valence-electron chi connectivity index (χ3n) is 4.19. The number of pyridine rings is 1. The van der Waals surface area contributed by atoms with Gasteiger partial charge in [-0.05, 0) is 37.8 Å². The van der Waals surface area contributed by atoms with Crippen LogP contribution in [0.25, 0.3) is 0 Å². The maximum atomic E-state index is 12.2. The largest absolute Gasteiger partial charge is 0.309 e. The van der Waals surface area contributed by atoms with Crippen molar-refractivity contribution in [3.05, 3.63) is 18.3 Å². The van der Waals surface area contributed by atoms with Crippen LogP contribution in [-0.2, 0) is 10.0 Å². The van der Waals surface area contributed by atoms with Gasteiger partial charge in [0, 0.05) is 6.20 Å². The number of aliphatic imine (C=N–C) groups is 1. The van der Waals surface area contributed by atoms with Gasteiger partial charge in [0.1, 0.15) is 4.90 Å². The van der Waals surface area contributed by atoms with E-state index in [-0.39, 0.29) is 16.9 Å². The van der Waals surface area contributed by atoms with E-state index in [2.05, 4.69) is 20.0 Å². The molecule has 21 heavy (non-hydrogen) atoms. The standard InChI is InChI=1S/C14H20N4O2S/c1-10(11-6-3-2-4-7-11)16-14-17-13-12(8-5-9-15-13)21(19,20)18-14/h5,8-11H,2-4,6-7H2,1H3,(H2,15,16,17,18)/t10-/m1/s1. The minimum atomic E-state index is -3.57. The zero-order valence-corrected chi connectivity index (χ0v) is 12.9. The van der Waals surface area contributed by atoms with Crippen LogP contribution in [0.5, 0.6) is 0 Å². The molecule has 0 amide bonds. The summed E-state index contributed by atoms with van der Waals surface area (Å²) in [6.07, 6.45) is 7.67. The summed E-state index contributed by atoms with van der Waals surface area (Å²) in [5, 5.41) is 2.97. The number of nitrogens with one attached hydrogen (secondary N) is 2. The lowest BCUT2D eigenvalue weighted by atomic mass is 9.85. The number of nitrogens with zero attached hydrogens (tertiary/aromatic N) is 2. The van der Waals surface area contributed by atoms with Crippen molar-refractivity contribution in [2.45, 2.75) is 50.0 Å². The van der Waals surface area contributed by atoms with Gasteiger partial charge in [0.05, 0.1) is 6.04 Å². The minimum Gasteiger partial charge on any atom is -0.309 e. The van der Waals surface area contributed by atoms with Crippen molar-refractivity contribution in [1.29, 1.82) is 0 Å². The van der Waals surface area contributed by atoms with E-state index in [0.717, 1.165) is 0 Å². The molecule has 6 nitrogen and oxygen atoms in total. The summed E-state index contributed by atoms with van der Waals surface area (Å²) >= 11 is 0. The number of sulfonamides is 1. The average Bonchev–Trinajstić information content (AvgIpc) is 2.47. The highest BCUT2D eigenvalue weighted by Gasteiger charge is 2.28. The van der Waals surface area contributed by atoms with Crippen LogP contribution in [0.4, 0.5) is 5.82 Å². The Labute approximate surface area is 125 Å². The van der Waals surface area contributed by atoms with E-state index in [9.17, 15) is 8.42 Å². The number of fused-ring (bicyclic) bond motifs is 1. The summed E-state index contributed by atoms with van der Waals surface area (Å²) < 4.78 is 26.8. The summed E-state index contributed by atoms with van der Waals surface area (Å²) in [5.74, 6) is 1.15. The van der Waals surface area contributed by atoms with Crippen molar-refractivity contribution in [2.75, 3.05) is 5.32 Å². The molecule has 1 aliphatic carbocycles. The summed E-state index contributed by atoms with van der Waals surface area (Å²) in [5.41, 5.74) is 0. The van der Waals surface area contributed by atoms with Gasteiger partial charge in [-0.2, -0.15) is 0 Å². The van der Waals surface area contributed by atoms with Crippen LogP contribution in [0.3, 0.4) is 0 Å². The maximum absolute atomic E-state index is 12.2. The molecule has 0 aromatic carbocycles. The Balaban J connectivity index is 1.83. The molecule has 0 unspecified atom stereocenters. The predicted octanol–water partition coefficient (Wildman–Crippen LogP) is 2.11. The van der Waals surface area contributed by atoms with Gasteiger partial charge in [0.25, 0.3) is 10.0 Å². The fourth-order valence-electron chi connectivity index (χ4n) is 3.01. The quantitative estimate of drug-likeness (QED) is 0.876. The Morgan fingerprint density at radius 1 is 1.33 bits per heavy atom. The Morgan fingerprint density at radius 3 is 2.86 bits per heavy atom. The maximum Gasteiger partial charge on any atom is 0.267 e. The summed E-state index contributed by atoms with van der Waals surface area (Å²) in [7, 11) is -3.57. The molecule has 2 aliphatic rings. The van der Waals surface area contributed by atoms with Crippen LogP contribution < -0.4 is 10.0 Å². The van der Waals surface area contributed by atoms with Gasteiger partial charge in [0.15, 0.2) is 5.82 Å². The van der Waals surface area contributed by atoms with Crippen LogP contribution in [0, 0.1) is 5.92 Å². The molecule has 1 atom stereocenters. The minimum absolute atomic E-state index is 0.0979. The van der Waals surface area contributed by atoms with Crippen molar-refractivity contribution in [2.24, 2.45) is 10.9 Å². The highest BCUT2D eigenvalue weighted by molar-refractivity contribution is 7.90. The van der Waals surface area contributed by atoms with Crippen LogP contribution in [-0.4, -0.2) is 25.4 Å². The van der Waals surface area contributed by atoms with Crippen LogP contribution in [0.1, 0.15) is 39.0 Å². The molecular weight excluding hydrogens is 288 g/mol. The van der Waals surface area contributed by atoms with Crippen LogP contribution in [0.2, 0.25) is 0 Å². The molecule has 1 aliphatic heterocycles. The molecule has 1 aromatic heterocycles. The van der Waals surface area contributed by atoms with Crippen molar-refractivity contribution >= 4 is 21.8 Å². The normalized spacial score (nSPS) is 24.7. The number of guanidine groups is 1. The van der Waals surface area contributed by atoms with E-state index in [1.807, 2.05) is 6.92 Å². The third kappa shape index (κ3) is 3.02. The molecule has 2 N–H and O–H groups in total. The fourth-order valence-corrected chi connectivity index (χ4v) is 4.09. The van der Waals surface area contributed by atoms with Gasteiger partial charge in [0.2, 0.25) is 5.96 Å². The van der Waals surface area contributed by atoms with Crippen molar-refractivity contribution in [1.82, 2.24) is 9.71 Å². The molecule has 114 valence electrons. The lowest BCUT2D eigenvalue weighted by molar-refractivity contribution is 0.317. The first-order valence-corrected chi connectivity index (χ1v) is 8.87. The lowest BCUT2D eigenvalue weighted by Gasteiger charge is -2.27. The Morgan fingerprint density at radius 2 is 2.10 bits per heavy atom. The zero-order chi connectivity index (χ0) is 14.9. The predicted molar refractivity (Wildman–Crippen MR) is 81.7 cm³/mol. The van der Waals surface area contributed by atoms with E-state index in [0.29, 0.717) is 11.7 Å². The number of aromatic nitrogens is 1. The number of anilines is 1. The Hall–Kier alpha value is -1.63. The summed E-state index contributed by atoms with van der Waals surface area (Å²) in [6, 6.07) is 3.23. The highest BCUT2D eigenvalue weighted by Crippen LogP contribution is 2.28. The van der Waals surface area contributed by atoms with E-state index < -0.39 is 10.0 Å². The topological polar surface area (TPSA) is 83.5 Å². The molecule has 7 heteroatoms. The summed E-state index contributed by atoms with van der Waals surface area (Å²) in [4.78, 5) is 8.76. The van der Waals surface area contributed by atoms with Crippen molar-refractivity contribution in [3.8, 4) is 0 Å². The monoisotopic (exact) mass is 308 g/mol. The highest BCUT2D eigenvalue weighted by atomic mass is 32.2. The molecule has 1 saturated carbocycles. The fraction of sp³-hybridized carbons (Fsp3) is 0.571. The number of hydrogen-bond donors (Lipinski definition) is 2. The van der Waals surface area contributed by atoms with Gasteiger partial charge >= 0.3 is 0 Å². The molecule has 1 fully saturated rings. The van der Waals surface area contributed by atoms with Gasteiger partial charge in [-0.15, -0.1) is 0 Å². The van der Waals surface area contributed by atoms with E-state index in [1.165, 1.54) is 38.2 Å². The lowest BCUT2D eigenvalue weighted by Crippen LogP contribution is -2.42. The van der Waals surface area contributed by atoms with Gasteiger partial charge in [-0.25, -0.2) is 23.1 Å². The first-order valence-electron chi connectivity index (χ1n) is 7.39. The van der Waals surface area contributed by atoms with Crippen molar-refractivity contribution < 1.29 is 8.42 Å².